The standard InChI is InChI=1S/C14H11ClN2O/c1-9-6-12(15)7-10(2)13(9)18-14-11(8-16)4-3-5-17-14/h3-7H,1-2H3. The van der Waals surface area contributed by atoms with Crippen LogP contribution in [0.25, 0.3) is 0 Å². The number of nitriles is 1. The highest BCUT2D eigenvalue weighted by atomic mass is 35.5. The first-order valence-electron chi connectivity index (χ1n) is 5.41. The Bertz CT molecular complexity index is 609. The van der Waals surface area contributed by atoms with Crippen molar-refractivity contribution in [2.45, 2.75) is 13.8 Å². The van der Waals surface area contributed by atoms with Crippen molar-refractivity contribution in [3.05, 3.63) is 52.2 Å². The van der Waals surface area contributed by atoms with Crippen molar-refractivity contribution in [3.8, 4) is 17.7 Å². The van der Waals surface area contributed by atoms with Crippen molar-refractivity contribution in [3.63, 3.8) is 0 Å². The summed E-state index contributed by atoms with van der Waals surface area (Å²) in [4.78, 5) is 4.07. The van der Waals surface area contributed by atoms with Crippen LogP contribution in [0.3, 0.4) is 0 Å². The van der Waals surface area contributed by atoms with E-state index in [-0.39, 0.29) is 0 Å². The van der Waals surface area contributed by atoms with Crippen LogP contribution in [-0.4, -0.2) is 4.98 Å². The molecule has 0 aliphatic heterocycles. The number of hydrogen-bond donors (Lipinski definition) is 0. The first-order chi connectivity index (χ1) is 8.61. The van der Waals surface area contributed by atoms with Crippen molar-refractivity contribution in [1.82, 2.24) is 4.98 Å². The van der Waals surface area contributed by atoms with Gasteiger partial charge in [-0.1, -0.05) is 11.6 Å². The van der Waals surface area contributed by atoms with Gasteiger partial charge in [0, 0.05) is 11.2 Å². The molecule has 0 aliphatic rings. The summed E-state index contributed by atoms with van der Waals surface area (Å²) >= 11 is 5.96. The number of aryl methyl sites for hydroxylation is 2. The number of pyridine rings is 1. The molecule has 0 fully saturated rings. The minimum absolute atomic E-state index is 0.313. The van der Waals surface area contributed by atoms with Crippen LogP contribution < -0.4 is 4.74 Å². The van der Waals surface area contributed by atoms with Crippen molar-refractivity contribution in [2.75, 3.05) is 0 Å². The van der Waals surface area contributed by atoms with Gasteiger partial charge in [0.25, 0.3) is 0 Å². The highest BCUT2D eigenvalue weighted by Gasteiger charge is 2.10. The van der Waals surface area contributed by atoms with Crippen LogP contribution in [0.2, 0.25) is 5.02 Å². The highest BCUT2D eigenvalue weighted by molar-refractivity contribution is 6.30. The molecular weight excluding hydrogens is 248 g/mol. The summed E-state index contributed by atoms with van der Waals surface area (Å²) in [6, 6.07) is 9.06. The Morgan fingerprint density at radius 2 is 1.94 bits per heavy atom. The summed E-state index contributed by atoms with van der Waals surface area (Å²) in [6.07, 6.45) is 1.59. The Hall–Kier alpha value is -2.05. The Balaban J connectivity index is 2.44. The molecule has 0 saturated carbocycles. The van der Waals surface area contributed by atoms with Crippen molar-refractivity contribution < 1.29 is 4.74 Å². The predicted octanol–water partition coefficient (Wildman–Crippen LogP) is 4.02. The van der Waals surface area contributed by atoms with E-state index in [0.29, 0.717) is 22.2 Å². The van der Waals surface area contributed by atoms with Gasteiger partial charge in [-0.25, -0.2) is 4.98 Å². The van der Waals surface area contributed by atoms with Crippen LogP contribution in [0.5, 0.6) is 11.6 Å². The van der Waals surface area contributed by atoms with E-state index >= 15 is 0 Å². The number of benzene rings is 1. The maximum Gasteiger partial charge on any atom is 0.237 e. The van der Waals surface area contributed by atoms with Gasteiger partial charge < -0.3 is 4.74 Å². The smallest absolute Gasteiger partial charge is 0.237 e. The van der Waals surface area contributed by atoms with E-state index in [1.54, 1.807) is 18.3 Å². The second-order valence-electron chi connectivity index (χ2n) is 3.94. The number of rotatable bonds is 2. The molecule has 0 saturated heterocycles. The van der Waals surface area contributed by atoms with E-state index in [1.807, 2.05) is 26.0 Å². The van der Waals surface area contributed by atoms with E-state index in [2.05, 4.69) is 11.1 Å². The van der Waals surface area contributed by atoms with Gasteiger partial charge in [0.15, 0.2) is 0 Å². The first-order valence-corrected chi connectivity index (χ1v) is 5.79. The zero-order valence-corrected chi connectivity index (χ0v) is 10.8. The lowest BCUT2D eigenvalue weighted by molar-refractivity contribution is 0.454. The summed E-state index contributed by atoms with van der Waals surface area (Å²) in [5.41, 5.74) is 2.23. The van der Waals surface area contributed by atoms with E-state index in [1.165, 1.54) is 0 Å². The lowest BCUT2D eigenvalue weighted by Crippen LogP contribution is -1.95. The van der Waals surface area contributed by atoms with Crippen LogP contribution in [0.4, 0.5) is 0 Å². The predicted molar refractivity (Wildman–Crippen MR) is 70.0 cm³/mol. The molecule has 0 aliphatic carbocycles. The van der Waals surface area contributed by atoms with E-state index in [4.69, 9.17) is 21.6 Å². The Morgan fingerprint density at radius 3 is 2.56 bits per heavy atom. The molecule has 0 bridgehead atoms. The molecule has 2 aromatic rings. The fourth-order valence-electron chi connectivity index (χ4n) is 1.71. The SMILES string of the molecule is Cc1cc(Cl)cc(C)c1Oc1ncccc1C#N. The van der Waals surface area contributed by atoms with Gasteiger partial charge in [-0.15, -0.1) is 0 Å². The van der Waals surface area contributed by atoms with Gasteiger partial charge in [0.05, 0.1) is 0 Å². The third kappa shape index (κ3) is 2.44. The molecule has 4 heteroatoms. The van der Waals surface area contributed by atoms with Crippen molar-refractivity contribution in [2.24, 2.45) is 0 Å². The maximum absolute atomic E-state index is 8.99. The van der Waals surface area contributed by atoms with Crippen LogP contribution in [0.15, 0.2) is 30.5 Å². The lowest BCUT2D eigenvalue weighted by atomic mass is 10.1. The zero-order valence-electron chi connectivity index (χ0n) is 10.1. The molecular formula is C14H11ClN2O. The number of halogens is 1. The fraction of sp³-hybridized carbons (Fsp3) is 0.143. The van der Waals surface area contributed by atoms with Crippen molar-refractivity contribution in [1.29, 1.82) is 5.26 Å². The van der Waals surface area contributed by atoms with Gasteiger partial charge in [0.1, 0.15) is 17.4 Å². The molecule has 1 aromatic heterocycles. The van der Waals surface area contributed by atoms with Gasteiger partial charge in [-0.2, -0.15) is 5.26 Å². The summed E-state index contributed by atoms with van der Waals surface area (Å²) in [5, 5.41) is 9.65. The minimum Gasteiger partial charge on any atom is -0.437 e. The van der Waals surface area contributed by atoms with Gasteiger partial charge >= 0.3 is 0 Å². The number of aromatic nitrogens is 1. The summed E-state index contributed by atoms with van der Waals surface area (Å²) < 4.78 is 5.72. The fourth-order valence-corrected chi connectivity index (χ4v) is 2.04. The molecule has 0 N–H and O–H groups in total. The molecule has 0 amide bonds. The Kier molecular flexibility index (Phi) is 3.50. The molecule has 3 nitrogen and oxygen atoms in total. The van der Waals surface area contributed by atoms with Crippen LogP contribution in [-0.2, 0) is 0 Å². The molecule has 90 valence electrons. The monoisotopic (exact) mass is 258 g/mol. The lowest BCUT2D eigenvalue weighted by Gasteiger charge is -2.12. The molecule has 0 unspecified atom stereocenters. The van der Waals surface area contributed by atoms with Crippen LogP contribution in [0, 0.1) is 25.2 Å². The molecule has 2 rings (SSSR count). The van der Waals surface area contributed by atoms with E-state index in [0.717, 1.165) is 11.1 Å². The molecule has 0 radical (unpaired) electrons. The van der Waals surface area contributed by atoms with E-state index in [9.17, 15) is 0 Å². The van der Waals surface area contributed by atoms with Gasteiger partial charge in [-0.05, 0) is 49.2 Å². The molecule has 1 heterocycles. The largest absolute Gasteiger partial charge is 0.437 e. The Labute approximate surface area is 111 Å². The number of hydrogen-bond acceptors (Lipinski definition) is 3. The average Bonchev–Trinajstić information content (AvgIpc) is 2.34. The topological polar surface area (TPSA) is 45.9 Å². The quantitative estimate of drug-likeness (QED) is 0.817. The third-order valence-electron chi connectivity index (χ3n) is 2.52. The minimum atomic E-state index is 0.313. The van der Waals surface area contributed by atoms with E-state index < -0.39 is 0 Å². The Morgan fingerprint density at radius 1 is 1.28 bits per heavy atom. The van der Waals surface area contributed by atoms with Gasteiger partial charge in [-0.3, -0.25) is 0 Å². The van der Waals surface area contributed by atoms with Crippen LogP contribution in [0.1, 0.15) is 16.7 Å². The summed E-state index contributed by atoms with van der Waals surface area (Å²) in [5.74, 6) is 1.00. The maximum atomic E-state index is 8.99. The molecule has 18 heavy (non-hydrogen) atoms. The normalized spacial score (nSPS) is 9.89. The second kappa shape index (κ2) is 5.07. The van der Waals surface area contributed by atoms with Gasteiger partial charge in [0.2, 0.25) is 5.88 Å². The third-order valence-corrected chi connectivity index (χ3v) is 2.73. The first kappa shape index (κ1) is 12.4. The van der Waals surface area contributed by atoms with Crippen LogP contribution >= 0.6 is 11.6 Å². The summed E-state index contributed by atoms with van der Waals surface area (Å²) in [7, 11) is 0. The number of ether oxygens (including phenoxy) is 1. The molecule has 0 atom stereocenters. The number of nitrogens with zero attached hydrogens (tertiary/aromatic N) is 2. The highest BCUT2D eigenvalue weighted by Crippen LogP contribution is 2.31. The van der Waals surface area contributed by atoms with Crippen molar-refractivity contribution >= 4 is 11.6 Å². The zero-order chi connectivity index (χ0) is 13.1. The summed E-state index contributed by atoms with van der Waals surface area (Å²) in [6.45, 7) is 3.81. The second-order valence-corrected chi connectivity index (χ2v) is 4.38. The molecule has 1 aromatic carbocycles. The molecule has 0 spiro atoms. The average molecular weight is 259 g/mol.